The van der Waals surface area contributed by atoms with Gasteiger partial charge in [-0.15, -0.1) is 0 Å². The lowest BCUT2D eigenvalue weighted by molar-refractivity contribution is -0.200. The Labute approximate surface area is 152 Å². The summed E-state index contributed by atoms with van der Waals surface area (Å²) in [7, 11) is 1.77. The molecule has 0 aromatic rings. The largest absolute Gasteiger partial charge is 0.381 e. The molecule has 2 aliphatic heterocycles. The van der Waals surface area contributed by atoms with E-state index in [1.807, 2.05) is 0 Å². The van der Waals surface area contributed by atoms with Crippen molar-refractivity contribution in [1.29, 1.82) is 0 Å². The first-order chi connectivity index (χ1) is 11.2. The van der Waals surface area contributed by atoms with Gasteiger partial charge in [0.25, 0.3) is 0 Å². The van der Waals surface area contributed by atoms with Gasteiger partial charge >= 0.3 is 0 Å². The van der Waals surface area contributed by atoms with E-state index < -0.39 is 0 Å². The molecule has 0 radical (unpaired) electrons. The van der Waals surface area contributed by atoms with Crippen LogP contribution in [0.4, 0.5) is 0 Å². The first kappa shape index (κ1) is 18.3. The molecule has 3 rings (SSSR count). The fraction of sp³-hybridized carbons (Fsp3) is 1.00. The fourth-order valence-corrected chi connectivity index (χ4v) is 3.81. The van der Waals surface area contributed by atoms with Gasteiger partial charge in [-0.1, -0.05) is 0 Å². The van der Waals surface area contributed by atoms with Crippen LogP contribution in [-0.4, -0.2) is 81.3 Å². The van der Waals surface area contributed by atoms with Crippen molar-refractivity contribution < 1.29 is 23.7 Å². The van der Waals surface area contributed by atoms with Gasteiger partial charge in [0.15, 0.2) is 0 Å². The first-order valence-corrected chi connectivity index (χ1v) is 9.48. The SMILES string of the molecule is COC1CC(OCC2(COCCCOC3CN(I)C3)COC2)C1. The molecule has 0 atom stereocenters. The second-order valence-corrected chi connectivity index (χ2v) is 8.35. The van der Waals surface area contributed by atoms with Gasteiger partial charge in [-0.3, -0.25) is 0 Å². The normalized spacial score (nSPS) is 30.5. The number of rotatable bonds is 11. The molecule has 2 saturated heterocycles. The summed E-state index contributed by atoms with van der Waals surface area (Å²) in [6.07, 6.45) is 4.15. The maximum Gasteiger partial charge on any atom is 0.0844 e. The van der Waals surface area contributed by atoms with E-state index in [1.165, 1.54) is 0 Å². The minimum Gasteiger partial charge on any atom is -0.381 e. The summed E-state index contributed by atoms with van der Waals surface area (Å²) in [4.78, 5) is 0. The lowest BCUT2D eigenvalue weighted by Gasteiger charge is -2.43. The van der Waals surface area contributed by atoms with E-state index in [9.17, 15) is 0 Å². The monoisotopic (exact) mass is 441 g/mol. The smallest absolute Gasteiger partial charge is 0.0844 e. The molecular formula is C16H28INO5. The van der Waals surface area contributed by atoms with Crippen molar-refractivity contribution in [2.75, 3.05) is 59.8 Å². The van der Waals surface area contributed by atoms with Gasteiger partial charge in [0.1, 0.15) is 0 Å². The van der Waals surface area contributed by atoms with Crippen molar-refractivity contribution in [1.82, 2.24) is 3.11 Å². The van der Waals surface area contributed by atoms with Crippen LogP contribution in [0, 0.1) is 5.41 Å². The van der Waals surface area contributed by atoms with E-state index >= 15 is 0 Å². The maximum atomic E-state index is 5.99. The Morgan fingerprint density at radius 1 is 1.04 bits per heavy atom. The Bertz CT molecular complexity index is 356. The van der Waals surface area contributed by atoms with E-state index in [0.717, 1.165) is 72.0 Å². The average Bonchev–Trinajstić information content (AvgIpc) is 2.43. The van der Waals surface area contributed by atoms with Crippen LogP contribution < -0.4 is 0 Å². The van der Waals surface area contributed by atoms with E-state index in [-0.39, 0.29) is 5.41 Å². The molecule has 2 heterocycles. The highest BCUT2D eigenvalue weighted by atomic mass is 127. The topological polar surface area (TPSA) is 49.4 Å². The molecule has 0 unspecified atom stereocenters. The molecule has 0 amide bonds. The number of halogens is 1. The molecule has 0 aromatic heterocycles. The number of hydrogen-bond acceptors (Lipinski definition) is 6. The van der Waals surface area contributed by atoms with Crippen molar-refractivity contribution in [3.05, 3.63) is 0 Å². The maximum absolute atomic E-state index is 5.99. The van der Waals surface area contributed by atoms with Crippen LogP contribution in [0.1, 0.15) is 19.3 Å². The van der Waals surface area contributed by atoms with E-state index in [1.54, 1.807) is 7.11 Å². The van der Waals surface area contributed by atoms with Crippen LogP contribution in [0.25, 0.3) is 0 Å². The molecule has 23 heavy (non-hydrogen) atoms. The third-order valence-electron chi connectivity index (χ3n) is 4.82. The number of ether oxygens (including phenoxy) is 5. The third kappa shape index (κ3) is 5.23. The summed E-state index contributed by atoms with van der Waals surface area (Å²) in [6.45, 7) is 6.58. The zero-order valence-electron chi connectivity index (χ0n) is 13.9. The summed E-state index contributed by atoms with van der Waals surface area (Å²) >= 11 is 2.32. The van der Waals surface area contributed by atoms with Crippen molar-refractivity contribution in [3.63, 3.8) is 0 Å². The lowest BCUT2D eigenvalue weighted by Crippen LogP contribution is -2.51. The molecule has 0 aromatic carbocycles. The van der Waals surface area contributed by atoms with Gasteiger partial charge in [0, 0.05) is 56.3 Å². The Morgan fingerprint density at radius 2 is 1.83 bits per heavy atom. The van der Waals surface area contributed by atoms with Crippen LogP contribution in [0.2, 0.25) is 0 Å². The van der Waals surface area contributed by atoms with Crippen molar-refractivity contribution >= 4 is 22.9 Å². The van der Waals surface area contributed by atoms with Crippen LogP contribution in [-0.2, 0) is 23.7 Å². The van der Waals surface area contributed by atoms with Crippen LogP contribution in [0.3, 0.4) is 0 Å². The third-order valence-corrected chi connectivity index (χ3v) is 5.61. The van der Waals surface area contributed by atoms with Crippen LogP contribution in [0.5, 0.6) is 0 Å². The molecule has 1 aliphatic carbocycles. The Hall–Kier alpha value is 0.490. The Kier molecular flexibility index (Phi) is 6.94. The van der Waals surface area contributed by atoms with Crippen molar-refractivity contribution in [2.24, 2.45) is 5.41 Å². The zero-order chi connectivity index (χ0) is 16.1. The molecule has 0 spiro atoms. The summed E-state index contributed by atoms with van der Waals surface area (Å²) in [5.41, 5.74) is 0.0642. The van der Waals surface area contributed by atoms with E-state index in [4.69, 9.17) is 23.7 Å². The second-order valence-electron chi connectivity index (χ2n) is 6.98. The highest BCUT2D eigenvalue weighted by molar-refractivity contribution is 14.1. The number of nitrogens with zero attached hydrogens (tertiary/aromatic N) is 1. The molecule has 3 fully saturated rings. The van der Waals surface area contributed by atoms with Gasteiger partial charge in [-0.05, 0) is 19.3 Å². The predicted octanol–water partition coefficient (Wildman–Crippen LogP) is 1.65. The lowest BCUT2D eigenvalue weighted by atomic mass is 9.87. The number of methoxy groups -OCH3 is 1. The minimum atomic E-state index is 0.0642. The first-order valence-electron chi connectivity index (χ1n) is 8.51. The molecule has 0 bridgehead atoms. The second kappa shape index (κ2) is 8.73. The summed E-state index contributed by atoms with van der Waals surface area (Å²) in [6, 6.07) is 0. The van der Waals surface area contributed by atoms with Gasteiger partial charge < -0.3 is 23.7 Å². The summed E-state index contributed by atoms with van der Waals surface area (Å²) < 4.78 is 30.5. The highest BCUT2D eigenvalue weighted by Gasteiger charge is 2.41. The molecule has 0 N–H and O–H groups in total. The standard InChI is InChI=1S/C16H28INO5/c1-19-13-5-14(6-13)23-12-16(10-21-11-16)9-20-3-2-4-22-15-7-18(17)8-15/h13-15H,2-12H2,1H3. The summed E-state index contributed by atoms with van der Waals surface area (Å²) in [5, 5.41) is 0. The van der Waals surface area contributed by atoms with Crippen LogP contribution in [0.15, 0.2) is 0 Å². The van der Waals surface area contributed by atoms with Gasteiger partial charge in [0.05, 0.1) is 50.2 Å². The van der Waals surface area contributed by atoms with Crippen molar-refractivity contribution in [2.45, 2.75) is 37.6 Å². The van der Waals surface area contributed by atoms with E-state index in [2.05, 4.69) is 26.0 Å². The van der Waals surface area contributed by atoms with Crippen molar-refractivity contribution in [3.8, 4) is 0 Å². The predicted molar refractivity (Wildman–Crippen MR) is 93.8 cm³/mol. The number of hydrogen-bond donors (Lipinski definition) is 0. The minimum absolute atomic E-state index is 0.0642. The zero-order valence-corrected chi connectivity index (χ0v) is 16.0. The molecule has 1 saturated carbocycles. The molecule has 3 aliphatic rings. The Morgan fingerprint density at radius 3 is 2.43 bits per heavy atom. The quantitative estimate of drug-likeness (QED) is 0.276. The van der Waals surface area contributed by atoms with Crippen LogP contribution >= 0.6 is 22.9 Å². The molecule has 6 nitrogen and oxygen atoms in total. The summed E-state index contributed by atoms with van der Waals surface area (Å²) in [5.74, 6) is 0. The highest BCUT2D eigenvalue weighted by Crippen LogP contribution is 2.32. The van der Waals surface area contributed by atoms with Gasteiger partial charge in [-0.25, -0.2) is 3.11 Å². The molecule has 7 heteroatoms. The van der Waals surface area contributed by atoms with Gasteiger partial charge in [-0.2, -0.15) is 0 Å². The Balaban J connectivity index is 1.20. The van der Waals surface area contributed by atoms with E-state index in [0.29, 0.717) is 18.3 Å². The fourth-order valence-electron chi connectivity index (χ4n) is 2.93. The molecule has 134 valence electrons. The molecular weight excluding hydrogens is 413 g/mol. The average molecular weight is 441 g/mol. The van der Waals surface area contributed by atoms with Gasteiger partial charge in [0.2, 0.25) is 0 Å².